The Bertz CT molecular complexity index is 682. The van der Waals surface area contributed by atoms with Crippen LogP contribution in [0.2, 0.25) is 0 Å². The quantitative estimate of drug-likeness (QED) is 0.878. The van der Waals surface area contributed by atoms with Crippen LogP contribution >= 0.6 is 0 Å². The number of nitrogens with two attached hydrogens (primary N) is 1. The minimum absolute atomic E-state index is 0.134. The Kier molecular flexibility index (Phi) is 4.36. The molecule has 2 aromatic rings. The van der Waals surface area contributed by atoms with Crippen LogP contribution in [-0.4, -0.2) is 19.9 Å². The number of pyridine rings is 1. The van der Waals surface area contributed by atoms with Gasteiger partial charge in [-0.25, -0.2) is 18.5 Å². The van der Waals surface area contributed by atoms with Crippen molar-refractivity contribution in [2.24, 2.45) is 5.14 Å². The van der Waals surface area contributed by atoms with E-state index in [9.17, 15) is 8.42 Å². The molecule has 6 heteroatoms. The fraction of sp³-hybridized carbons (Fsp3) is 0.214. The molecule has 0 saturated carbocycles. The molecule has 0 amide bonds. The number of sulfonamides is 1. The Labute approximate surface area is 118 Å². The summed E-state index contributed by atoms with van der Waals surface area (Å²) in [6.07, 6.45) is 0.778. The standard InChI is InChI=1S/C14H17N3O2S/c1-11-3-2-4-14(17-11)16-10-9-12-5-7-13(8-6-12)20(15,18)19/h2-8H,9-10H2,1H3,(H,16,17)(H2,15,18,19). The minimum Gasteiger partial charge on any atom is -0.370 e. The maximum Gasteiger partial charge on any atom is 0.238 e. The number of benzene rings is 1. The smallest absolute Gasteiger partial charge is 0.238 e. The minimum atomic E-state index is -3.61. The Hall–Kier alpha value is -1.92. The molecule has 106 valence electrons. The van der Waals surface area contributed by atoms with E-state index >= 15 is 0 Å². The van der Waals surface area contributed by atoms with E-state index in [0.29, 0.717) is 0 Å². The summed E-state index contributed by atoms with van der Waals surface area (Å²) >= 11 is 0. The fourth-order valence-corrected chi connectivity index (χ4v) is 2.34. The molecule has 0 aliphatic rings. The van der Waals surface area contributed by atoms with Crippen LogP contribution in [0.15, 0.2) is 47.4 Å². The number of hydrogen-bond donors (Lipinski definition) is 2. The molecule has 0 atom stereocenters. The van der Waals surface area contributed by atoms with E-state index in [2.05, 4.69) is 10.3 Å². The highest BCUT2D eigenvalue weighted by molar-refractivity contribution is 7.89. The number of aryl methyl sites for hydroxylation is 1. The summed E-state index contributed by atoms with van der Waals surface area (Å²) in [7, 11) is -3.61. The van der Waals surface area contributed by atoms with Gasteiger partial charge in [-0.1, -0.05) is 18.2 Å². The van der Waals surface area contributed by atoms with Crippen LogP contribution in [0.3, 0.4) is 0 Å². The molecule has 1 aromatic carbocycles. The molecule has 2 rings (SSSR count). The van der Waals surface area contributed by atoms with E-state index in [1.165, 1.54) is 12.1 Å². The van der Waals surface area contributed by atoms with Gasteiger partial charge >= 0.3 is 0 Å². The summed E-state index contributed by atoms with van der Waals surface area (Å²) in [4.78, 5) is 4.48. The lowest BCUT2D eigenvalue weighted by Gasteiger charge is -2.06. The second-order valence-corrected chi connectivity index (χ2v) is 6.09. The van der Waals surface area contributed by atoms with Crippen molar-refractivity contribution in [2.75, 3.05) is 11.9 Å². The third-order valence-electron chi connectivity index (χ3n) is 2.86. The van der Waals surface area contributed by atoms with Crippen LogP contribution < -0.4 is 10.5 Å². The van der Waals surface area contributed by atoms with E-state index < -0.39 is 10.0 Å². The number of nitrogens with zero attached hydrogens (tertiary/aromatic N) is 1. The van der Waals surface area contributed by atoms with Crippen molar-refractivity contribution in [1.82, 2.24) is 4.98 Å². The summed E-state index contributed by atoms with van der Waals surface area (Å²) in [5.74, 6) is 0.839. The maximum atomic E-state index is 11.1. The Balaban J connectivity index is 1.92. The first-order valence-electron chi connectivity index (χ1n) is 6.24. The summed E-state index contributed by atoms with van der Waals surface area (Å²) in [6.45, 7) is 2.67. The van der Waals surface area contributed by atoms with Crippen molar-refractivity contribution in [3.63, 3.8) is 0 Å². The first-order valence-corrected chi connectivity index (χ1v) is 7.79. The summed E-state index contributed by atoms with van der Waals surface area (Å²) in [5.41, 5.74) is 2.00. The molecule has 0 radical (unpaired) electrons. The van der Waals surface area contributed by atoms with Crippen LogP contribution in [-0.2, 0) is 16.4 Å². The van der Waals surface area contributed by atoms with Crippen LogP contribution in [0.4, 0.5) is 5.82 Å². The second kappa shape index (κ2) is 6.02. The van der Waals surface area contributed by atoms with Gasteiger partial charge < -0.3 is 5.32 Å². The van der Waals surface area contributed by atoms with E-state index in [4.69, 9.17) is 5.14 Å². The Morgan fingerprint density at radius 2 is 1.85 bits per heavy atom. The predicted octanol–water partition coefficient (Wildman–Crippen LogP) is 1.69. The third kappa shape index (κ3) is 4.04. The largest absolute Gasteiger partial charge is 0.370 e. The lowest BCUT2D eigenvalue weighted by atomic mass is 10.1. The third-order valence-corrected chi connectivity index (χ3v) is 3.79. The van der Waals surface area contributed by atoms with E-state index in [0.717, 1.165) is 30.0 Å². The average Bonchev–Trinajstić information content (AvgIpc) is 2.38. The number of rotatable bonds is 5. The van der Waals surface area contributed by atoms with E-state index in [1.807, 2.05) is 25.1 Å². The normalized spacial score (nSPS) is 11.3. The van der Waals surface area contributed by atoms with E-state index in [-0.39, 0.29) is 4.90 Å². The van der Waals surface area contributed by atoms with Gasteiger partial charge in [-0.05, 0) is 43.2 Å². The molecule has 1 aromatic heterocycles. The van der Waals surface area contributed by atoms with Gasteiger partial charge in [0.2, 0.25) is 10.0 Å². The van der Waals surface area contributed by atoms with Gasteiger partial charge in [-0.15, -0.1) is 0 Å². The van der Waals surface area contributed by atoms with Crippen LogP contribution in [0, 0.1) is 6.92 Å². The van der Waals surface area contributed by atoms with Gasteiger partial charge in [0.1, 0.15) is 5.82 Å². The molecule has 0 fully saturated rings. The van der Waals surface area contributed by atoms with Crippen molar-refractivity contribution in [3.05, 3.63) is 53.7 Å². The molecule has 0 saturated heterocycles. The molecule has 0 unspecified atom stereocenters. The van der Waals surface area contributed by atoms with Gasteiger partial charge in [0.05, 0.1) is 4.90 Å². The molecule has 0 aliphatic heterocycles. The van der Waals surface area contributed by atoms with Gasteiger partial charge in [-0.3, -0.25) is 0 Å². The average molecular weight is 291 g/mol. The highest BCUT2D eigenvalue weighted by Crippen LogP contribution is 2.10. The Morgan fingerprint density at radius 1 is 1.15 bits per heavy atom. The van der Waals surface area contributed by atoms with Gasteiger partial charge in [0, 0.05) is 12.2 Å². The molecule has 0 spiro atoms. The fourth-order valence-electron chi connectivity index (χ4n) is 1.82. The molecule has 0 bridgehead atoms. The number of hydrogen-bond acceptors (Lipinski definition) is 4. The maximum absolute atomic E-state index is 11.1. The van der Waals surface area contributed by atoms with Gasteiger partial charge in [-0.2, -0.15) is 0 Å². The molecule has 1 heterocycles. The van der Waals surface area contributed by atoms with Crippen LogP contribution in [0.1, 0.15) is 11.3 Å². The monoisotopic (exact) mass is 291 g/mol. The van der Waals surface area contributed by atoms with Crippen LogP contribution in [0.5, 0.6) is 0 Å². The van der Waals surface area contributed by atoms with Crippen LogP contribution in [0.25, 0.3) is 0 Å². The summed E-state index contributed by atoms with van der Waals surface area (Å²) in [6, 6.07) is 12.4. The van der Waals surface area contributed by atoms with Crippen molar-refractivity contribution in [1.29, 1.82) is 0 Å². The van der Waals surface area contributed by atoms with Gasteiger partial charge in [0.25, 0.3) is 0 Å². The first-order chi connectivity index (χ1) is 9.45. The number of nitrogens with one attached hydrogen (secondary N) is 1. The first kappa shape index (κ1) is 14.5. The molecule has 0 aliphatic carbocycles. The molecule has 20 heavy (non-hydrogen) atoms. The molecular formula is C14H17N3O2S. The summed E-state index contributed by atoms with van der Waals surface area (Å²) in [5, 5.41) is 8.27. The molecule has 5 nitrogen and oxygen atoms in total. The van der Waals surface area contributed by atoms with Crippen molar-refractivity contribution in [3.8, 4) is 0 Å². The number of aromatic nitrogens is 1. The molecular weight excluding hydrogens is 274 g/mol. The lowest BCUT2D eigenvalue weighted by Crippen LogP contribution is -2.12. The topological polar surface area (TPSA) is 85.1 Å². The number of anilines is 1. The zero-order valence-corrected chi connectivity index (χ0v) is 12.0. The molecule has 3 N–H and O–H groups in total. The van der Waals surface area contributed by atoms with Crippen molar-refractivity contribution >= 4 is 15.8 Å². The van der Waals surface area contributed by atoms with Crippen molar-refractivity contribution in [2.45, 2.75) is 18.2 Å². The number of primary sulfonamides is 1. The van der Waals surface area contributed by atoms with E-state index in [1.54, 1.807) is 12.1 Å². The van der Waals surface area contributed by atoms with Gasteiger partial charge in [0.15, 0.2) is 0 Å². The SMILES string of the molecule is Cc1cccc(NCCc2ccc(S(N)(=O)=O)cc2)n1. The highest BCUT2D eigenvalue weighted by atomic mass is 32.2. The highest BCUT2D eigenvalue weighted by Gasteiger charge is 2.06. The lowest BCUT2D eigenvalue weighted by molar-refractivity contribution is 0.598. The zero-order valence-electron chi connectivity index (χ0n) is 11.2. The predicted molar refractivity (Wildman–Crippen MR) is 79.0 cm³/mol. The zero-order chi connectivity index (χ0) is 14.6. The summed E-state index contributed by atoms with van der Waals surface area (Å²) < 4.78 is 22.3. The Morgan fingerprint density at radius 3 is 2.45 bits per heavy atom. The van der Waals surface area contributed by atoms with Crippen molar-refractivity contribution < 1.29 is 8.42 Å². The second-order valence-electron chi connectivity index (χ2n) is 4.53.